The summed E-state index contributed by atoms with van der Waals surface area (Å²) in [6, 6.07) is 13.7. The lowest BCUT2D eigenvalue weighted by Crippen LogP contribution is -2.23. The number of hydrogen-bond donors (Lipinski definition) is 3. The number of allylic oxidation sites excluding steroid dienone is 2. The van der Waals surface area contributed by atoms with Crippen LogP contribution in [0.3, 0.4) is 0 Å². The molecule has 0 aliphatic heterocycles. The number of carbonyl (C=O) groups excluding carboxylic acids is 1. The number of nitriles is 1. The molecule has 3 N–H and O–H groups in total. The predicted molar refractivity (Wildman–Crippen MR) is 107 cm³/mol. The Morgan fingerprint density at radius 2 is 1.70 bits per heavy atom. The lowest BCUT2D eigenvalue weighted by molar-refractivity contribution is -0.117. The number of benzene rings is 2. The van der Waals surface area contributed by atoms with Crippen LogP contribution in [0.1, 0.15) is 30.5 Å². The van der Waals surface area contributed by atoms with E-state index in [9.17, 15) is 15.0 Å². The number of nitrogens with one attached hydrogen (secondary N) is 1. The molecule has 5 heteroatoms. The maximum Gasteiger partial charge on any atom is 0.262 e. The number of hydrogen-bond acceptors (Lipinski definition) is 4. The summed E-state index contributed by atoms with van der Waals surface area (Å²) in [5.41, 5.74) is 2.59. The van der Waals surface area contributed by atoms with Gasteiger partial charge in [-0.3, -0.25) is 4.79 Å². The summed E-state index contributed by atoms with van der Waals surface area (Å²) in [7, 11) is 0. The zero-order valence-corrected chi connectivity index (χ0v) is 15.7. The Labute approximate surface area is 159 Å². The van der Waals surface area contributed by atoms with E-state index in [2.05, 4.69) is 5.32 Å². The maximum absolute atomic E-state index is 12.0. The summed E-state index contributed by atoms with van der Waals surface area (Å²) < 4.78 is 0. The average molecular weight is 364 g/mol. The van der Waals surface area contributed by atoms with E-state index >= 15 is 0 Å². The number of carbonyl (C=O) groups is 1. The Hall–Kier alpha value is -3.52. The van der Waals surface area contributed by atoms with Crippen molar-refractivity contribution in [2.45, 2.75) is 27.3 Å². The van der Waals surface area contributed by atoms with E-state index in [-0.39, 0.29) is 17.1 Å². The number of aromatic hydroxyl groups is 2. The van der Waals surface area contributed by atoms with Crippen LogP contribution in [0.2, 0.25) is 0 Å². The third kappa shape index (κ3) is 7.49. The van der Waals surface area contributed by atoms with Crippen LogP contribution in [0.25, 0.3) is 6.08 Å². The number of aryl methyl sites for hydroxylation is 1. The topological polar surface area (TPSA) is 93.4 Å². The van der Waals surface area contributed by atoms with Crippen molar-refractivity contribution in [2.75, 3.05) is 0 Å². The molecule has 0 aliphatic rings. The molecule has 0 aromatic heterocycles. The molecule has 2 aromatic carbocycles. The SMILES string of the molecule is CC.Cc1ccc(CNC(=O)/C(C#N)=C/C=C/c2cc(O)cc(O)c2)cc1. The molecule has 0 spiro atoms. The van der Waals surface area contributed by atoms with Crippen LogP contribution in [0.15, 0.2) is 60.2 Å². The van der Waals surface area contributed by atoms with Crippen LogP contribution < -0.4 is 5.32 Å². The quantitative estimate of drug-likeness (QED) is 0.421. The average Bonchev–Trinajstić information content (AvgIpc) is 2.65. The van der Waals surface area contributed by atoms with Gasteiger partial charge in [0.25, 0.3) is 5.91 Å². The van der Waals surface area contributed by atoms with Crippen molar-refractivity contribution in [3.63, 3.8) is 0 Å². The minimum absolute atomic E-state index is 0.0345. The number of phenolic OH excluding ortho intramolecular Hbond substituents is 2. The second-order valence-corrected chi connectivity index (χ2v) is 5.50. The number of amides is 1. The Kier molecular flexibility index (Phi) is 8.90. The Morgan fingerprint density at radius 3 is 2.26 bits per heavy atom. The summed E-state index contributed by atoms with van der Waals surface area (Å²) in [6.45, 7) is 6.32. The highest BCUT2D eigenvalue weighted by molar-refractivity contribution is 5.97. The third-order valence-corrected chi connectivity index (χ3v) is 3.42. The third-order valence-electron chi connectivity index (χ3n) is 3.42. The van der Waals surface area contributed by atoms with E-state index in [0.717, 1.165) is 11.1 Å². The van der Waals surface area contributed by atoms with Crippen LogP contribution in [0.5, 0.6) is 11.5 Å². The molecule has 0 bridgehead atoms. The Morgan fingerprint density at radius 1 is 1.11 bits per heavy atom. The number of rotatable bonds is 5. The highest BCUT2D eigenvalue weighted by Gasteiger charge is 2.07. The fourth-order valence-electron chi connectivity index (χ4n) is 2.12. The highest BCUT2D eigenvalue weighted by atomic mass is 16.3. The van der Waals surface area contributed by atoms with Crippen molar-refractivity contribution in [3.05, 3.63) is 76.9 Å². The highest BCUT2D eigenvalue weighted by Crippen LogP contribution is 2.21. The van der Waals surface area contributed by atoms with E-state index in [4.69, 9.17) is 5.26 Å². The van der Waals surface area contributed by atoms with Crippen molar-refractivity contribution in [1.29, 1.82) is 5.26 Å². The molecule has 140 valence electrons. The summed E-state index contributed by atoms with van der Waals surface area (Å²) in [5, 5.41) is 30.6. The summed E-state index contributed by atoms with van der Waals surface area (Å²) in [5.74, 6) is -0.605. The van der Waals surface area contributed by atoms with Gasteiger partial charge in [-0.25, -0.2) is 0 Å². The molecule has 0 aliphatic carbocycles. The minimum atomic E-state index is -0.466. The van der Waals surface area contributed by atoms with Crippen LogP contribution in [-0.4, -0.2) is 16.1 Å². The van der Waals surface area contributed by atoms with Gasteiger partial charge in [0.15, 0.2) is 0 Å². The molecule has 0 fully saturated rings. The number of nitrogens with zero attached hydrogens (tertiary/aromatic N) is 1. The van der Waals surface area contributed by atoms with E-state index in [1.165, 1.54) is 30.4 Å². The summed E-state index contributed by atoms with van der Waals surface area (Å²) >= 11 is 0. The molecule has 27 heavy (non-hydrogen) atoms. The first-order valence-electron chi connectivity index (χ1n) is 8.63. The normalized spacial score (nSPS) is 10.7. The monoisotopic (exact) mass is 364 g/mol. The molecule has 0 radical (unpaired) electrons. The zero-order chi connectivity index (χ0) is 20.2. The van der Waals surface area contributed by atoms with E-state index < -0.39 is 5.91 Å². The van der Waals surface area contributed by atoms with Gasteiger partial charge in [-0.05, 0) is 36.3 Å². The van der Waals surface area contributed by atoms with Gasteiger partial charge in [0, 0.05) is 12.6 Å². The molecule has 0 atom stereocenters. The molecular formula is C22H24N2O3. The number of phenols is 2. The fraction of sp³-hybridized carbons (Fsp3) is 0.182. The molecule has 0 unspecified atom stereocenters. The first kappa shape index (κ1) is 21.5. The molecule has 5 nitrogen and oxygen atoms in total. The predicted octanol–water partition coefficient (Wildman–Crippen LogP) is 4.21. The van der Waals surface area contributed by atoms with Crippen molar-refractivity contribution >= 4 is 12.0 Å². The summed E-state index contributed by atoms with van der Waals surface area (Å²) in [4.78, 5) is 12.0. The van der Waals surface area contributed by atoms with E-state index in [1.807, 2.05) is 51.1 Å². The van der Waals surface area contributed by atoms with E-state index in [0.29, 0.717) is 12.1 Å². The molecule has 2 aromatic rings. The van der Waals surface area contributed by atoms with Crippen LogP contribution in [-0.2, 0) is 11.3 Å². The maximum atomic E-state index is 12.0. The summed E-state index contributed by atoms with van der Waals surface area (Å²) in [6.07, 6.45) is 4.47. The molecule has 0 saturated heterocycles. The lowest BCUT2D eigenvalue weighted by atomic mass is 10.1. The van der Waals surface area contributed by atoms with Gasteiger partial charge < -0.3 is 15.5 Å². The van der Waals surface area contributed by atoms with Gasteiger partial charge in [-0.1, -0.05) is 55.8 Å². The molecule has 2 rings (SSSR count). The van der Waals surface area contributed by atoms with Crippen molar-refractivity contribution < 1.29 is 15.0 Å². The Balaban J connectivity index is 0.00000176. The first-order chi connectivity index (χ1) is 13.0. The molecule has 0 saturated carbocycles. The molecule has 1 amide bonds. The minimum Gasteiger partial charge on any atom is -0.508 e. The van der Waals surface area contributed by atoms with Crippen molar-refractivity contribution in [2.24, 2.45) is 0 Å². The second kappa shape index (κ2) is 11.2. The fourth-order valence-corrected chi connectivity index (χ4v) is 2.12. The molecule has 0 heterocycles. The van der Waals surface area contributed by atoms with Gasteiger partial charge in [0.2, 0.25) is 0 Å². The Bertz CT molecular complexity index is 840. The van der Waals surface area contributed by atoms with Gasteiger partial charge in [0.05, 0.1) is 0 Å². The van der Waals surface area contributed by atoms with Crippen molar-refractivity contribution in [1.82, 2.24) is 5.32 Å². The standard InChI is InChI=1S/C20H18N2O3.C2H6/c1-14-5-7-15(8-6-14)13-22-20(25)17(12-21)4-2-3-16-9-18(23)11-19(24)10-16;1-2/h2-11,23-24H,13H2,1H3,(H,22,25);1-2H3/b3-2+,17-4+;. The van der Waals surface area contributed by atoms with Crippen LogP contribution in [0, 0.1) is 18.3 Å². The van der Waals surface area contributed by atoms with Gasteiger partial charge in [-0.15, -0.1) is 0 Å². The first-order valence-corrected chi connectivity index (χ1v) is 8.63. The lowest BCUT2D eigenvalue weighted by Gasteiger charge is -2.04. The zero-order valence-electron chi connectivity index (χ0n) is 15.7. The smallest absolute Gasteiger partial charge is 0.262 e. The van der Waals surface area contributed by atoms with Crippen molar-refractivity contribution in [3.8, 4) is 17.6 Å². The van der Waals surface area contributed by atoms with E-state index in [1.54, 1.807) is 6.08 Å². The molecular weight excluding hydrogens is 340 g/mol. The van der Waals surface area contributed by atoms with Gasteiger partial charge in [0.1, 0.15) is 23.1 Å². The van der Waals surface area contributed by atoms with Crippen LogP contribution in [0.4, 0.5) is 0 Å². The van der Waals surface area contributed by atoms with Gasteiger partial charge >= 0.3 is 0 Å². The largest absolute Gasteiger partial charge is 0.508 e. The second-order valence-electron chi connectivity index (χ2n) is 5.50. The van der Waals surface area contributed by atoms with Crippen LogP contribution >= 0.6 is 0 Å². The van der Waals surface area contributed by atoms with Gasteiger partial charge in [-0.2, -0.15) is 5.26 Å².